The predicted octanol–water partition coefficient (Wildman–Crippen LogP) is 2.83. The van der Waals surface area contributed by atoms with E-state index in [0.29, 0.717) is 30.2 Å². The fraction of sp³-hybridized carbons (Fsp3) is 0.444. The Hall–Kier alpha value is -2.50. The molecular weight excluding hydrogens is 310 g/mol. The molecule has 0 atom stereocenters. The summed E-state index contributed by atoms with van der Waals surface area (Å²) in [7, 11) is 1.50. The molecule has 6 nitrogen and oxygen atoms in total. The minimum atomic E-state index is -0.928. The van der Waals surface area contributed by atoms with Crippen molar-refractivity contribution in [3.8, 4) is 11.5 Å². The first-order valence-corrected chi connectivity index (χ1v) is 7.81. The SMILES string of the molecule is C=CCOc1ccc(C(=O)N(CCC(=O)O)CC(C)C)cc1OC. The molecule has 132 valence electrons. The van der Waals surface area contributed by atoms with Gasteiger partial charge in [0.1, 0.15) is 6.61 Å². The number of amides is 1. The number of ether oxygens (including phenoxy) is 2. The van der Waals surface area contributed by atoms with Crippen LogP contribution in [0.5, 0.6) is 11.5 Å². The predicted molar refractivity (Wildman–Crippen MR) is 91.7 cm³/mol. The van der Waals surface area contributed by atoms with Crippen molar-refractivity contribution >= 4 is 11.9 Å². The number of carbonyl (C=O) groups is 2. The number of hydrogen-bond acceptors (Lipinski definition) is 4. The van der Waals surface area contributed by atoms with Gasteiger partial charge in [-0.15, -0.1) is 0 Å². The number of nitrogens with zero attached hydrogens (tertiary/aromatic N) is 1. The van der Waals surface area contributed by atoms with E-state index in [2.05, 4.69) is 6.58 Å². The van der Waals surface area contributed by atoms with E-state index in [4.69, 9.17) is 14.6 Å². The normalized spacial score (nSPS) is 10.3. The van der Waals surface area contributed by atoms with Gasteiger partial charge in [-0.2, -0.15) is 0 Å². The summed E-state index contributed by atoms with van der Waals surface area (Å²) in [6.45, 7) is 8.54. The van der Waals surface area contributed by atoms with Gasteiger partial charge in [0.2, 0.25) is 0 Å². The fourth-order valence-electron chi connectivity index (χ4n) is 2.20. The number of aliphatic carboxylic acids is 1. The van der Waals surface area contributed by atoms with Gasteiger partial charge in [-0.3, -0.25) is 9.59 Å². The van der Waals surface area contributed by atoms with Gasteiger partial charge >= 0.3 is 5.97 Å². The zero-order valence-electron chi connectivity index (χ0n) is 14.4. The van der Waals surface area contributed by atoms with Crippen molar-refractivity contribution in [3.63, 3.8) is 0 Å². The van der Waals surface area contributed by atoms with Crippen LogP contribution in [0.4, 0.5) is 0 Å². The number of carboxylic acid groups (broad SMARTS) is 1. The third-order valence-corrected chi connectivity index (χ3v) is 3.24. The molecule has 6 heteroatoms. The van der Waals surface area contributed by atoms with E-state index in [1.807, 2.05) is 13.8 Å². The number of rotatable bonds is 10. The Morgan fingerprint density at radius 1 is 1.33 bits per heavy atom. The molecule has 1 rings (SSSR count). The van der Waals surface area contributed by atoms with Crippen LogP contribution >= 0.6 is 0 Å². The molecule has 1 aromatic rings. The van der Waals surface area contributed by atoms with E-state index < -0.39 is 5.97 Å². The number of carboxylic acids is 1. The van der Waals surface area contributed by atoms with Gasteiger partial charge in [0.25, 0.3) is 5.91 Å². The molecule has 0 saturated heterocycles. The van der Waals surface area contributed by atoms with E-state index in [0.717, 1.165) is 0 Å². The summed E-state index contributed by atoms with van der Waals surface area (Å²) in [6, 6.07) is 4.92. The first-order valence-electron chi connectivity index (χ1n) is 7.81. The fourth-order valence-corrected chi connectivity index (χ4v) is 2.20. The summed E-state index contributed by atoms with van der Waals surface area (Å²) in [5.74, 6) is 0.0565. The van der Waals surface area contributed by atoms with E-state index in [1.165, 1.54) is 7.11 Å². The van der Waals surface area contributed by atoms with Crippen LogP contribution in [0.1, 0.15) is 30.6 Å². The molecule has 0 unspecified atom stereocenters. The van der Waals surface area contributed by atoms with Gasteiger partial charge in [-0.25, -0.2) is 0 Å². The summed E-state index contributed by atoms with van der Waals surface area (Å²) >= 11 is 0. The lowest BCUT2D eigenvalue weighted by Gasteiger charge is -2.24. The van der Waals surface area contributed by atoms with Crippen molar-refractivity contribution in [2.75, 3.05) is 26.8 Å². The van der Waals surface area contributed by atoms with Crippen molar-refractivity contribution in [1.29, 1.82) is 0 Å². The topological polar surface area (TPSA) is 76.1 Å². The number of methoxy groups -OCH3 is 1. The van der Waals surface area contributed by atoms with Crippen LogP contribution in [0.3, 0.4) is 0 Å². The van der Waals surface area contributed by atoms with Crippen LogP contribution in [-0.2, 0) is 4.79 Å². The Labute approximate surface area is 142 Å². The monoisotopic (exact) mass is 335 g/mol. The van der Waals surface area contributed by atoms with E-state index in [9.17, 15) is 9.59 Å². The van der Waals surface area contributed by atoms with Crippen LogP contribution in [-0.4, -0.2) is 48.7 Å². The second-order valence-corrected chi connectivity index (χ2v) is 5.75. The van der Waals surface area contributed by atoms with E-state index in [-0.39, 0.29) is 24.8 Å². The molecule has 0 saturated carbocycles. The average molecular weight is 335 g/mol. The quantitative estimate of drug-likeness (QED) is 0.665. The molecule has 1 amide bonds. The summed E-state index contributed by atoms with van der Waals surface area (Å²) in [6.07, 6.45) is 1.53. The zero-order chi connectivity index (χ0) is 18.1. The maximum Gasteiger partial charge on any atom is 0.305 e. The molecule has 0 spiro atoms. The highest BCUT2D eigenvalue weighted by Crippen LogP contribution is 2.28. The number of hydrogen-bond donors (Lipinski definition) is 1. The van der Waals surface area contributed by atoms with Gasteiger partial charge < -0.3 is 19.5 Å². The van der Waals surface area contributed by atoms with E-state index >= 15 is 0 Å². The first-order chi connectivity index (χ1) is 11.4. The molecule has 0 aliphatic heterocycles. The number of carbonyl (C=O) groups excluding carboxylic acids is 1. The Morgan fingerprint density at radius 3 is 2.58 bits per heavy atom. The third-order valence-electron chi connectivity index (χ3n) is 3.24. The first kappa shape index (κ1) is 19.5. The Balaban J connectivity index is 2.99. The van der Waals surface area contributed by atoms with Gasteiger partial charge in [0.05, 0.1) is 13.5 Å². The molecule has 0 aliphatic rings. The van der Waals surface area contributed by atoms with Crippen molar-refractivity contribution in [3.05, 3.63) is 36.4 Å². The maximum atomic E-state index is 12.7. The van der Waals surface area contributed by atoms with Crippen molar-refractivity contribution in [2.24, 2.45) is 5.92 Å². The van der Waals surface area contributed by atoms with Crippen LogP contribution in [0.15, 0.2) is 30.9 Å². The van der Waals surface area contributed by atoms with Crippen molar-refractivity contribution < 1.29 is 24.2 Å². The van der Waals surface area contributed by atoms with Crippen LogP contribution < -0.4 is 9.47 Å². The van der Waals surface area contributed by atoms with Crippen LogP contribution in [0.2, 0.25) is 0 Å². The second-order valence-electron chi connectivity index (χ2n) is 5.75. The zero-order valence-corrected chi connectivity index (χ0v) is 14.4. The van der Waals surface area contributed by atoms with Crippen molar-refractivity contribution in [2.45, 2.75) is 20.3 Å². The van der Waals surface area contributed by atoms with Gasteiger partial charge in [-0.1, -0.05) is 26.5 Å². The molecule has 1 aromatic carbocycles. The molecule has 0 aliphatic carbocycles. The van der Waals surface area contributed by atoms with Gasteiger partial charge in [0, 0.05) is 18.7 Å². The minimum Gasteiger partial charge on any atom is -0.493 e. The molecule has 24 heavy (non-hydrogen) atoms. The number of benzene rings is 1. The second kappa shape index (κ2) is 9.60. The largest absolute Gasteiger partial charge is 0.493 e. The van der Waals surface area contributed by atoms with E-state index in [1.54, 1.807) is 29.2 Å². The molecular formula is C18H25NO5. The molecule has 1 N–H and O–H groups in total. The van der Waals surface area contributed by atoms with Gasteiger partial charge in [0.15, 0.2) is 11.5 Å². The molecule has 0 heterocycles. The standard InChI is InChI=1S/C18H25NO5/c1-5-10-24-15-7-6-14(11-16(15)23-4)18(22)19(12-13(2)3)9-8-17(20)21/h5-7,11,13H,1,8-10,12H2,2-4H3,(H,20,21). The summed E-state index contributed by atoms with van der Waals surface area (Å²) in [4.78, 5) is 25.1. The molecule has 0 fully saturated rings. The smallest absolute Gasteiger partial charge is 0.305 e. The third kappa shape index (κ3) is 5.95. The highest BCUT2D eigenvalue weighted by Gasteiger charge is 2.19. The summed E-state index contributed by atoms with van der Waals surface area (Å²) in [5.41, 5.74) is 0.434. The van der Waals surface area contributed by atoms with Crippen LogP contribution in [0, 0.1) is 5.92 Å². The molecule has 0 radical (unpaired) electrons. The minimum absolute atomic E-state index is 0.0872. The molecule has 0 bridgehead atoms. The summed E-state index contributed by atoms with van der Waals surface area (Å²) in [5, 5.41) is 8.87. The Kier molecular flexibility index (Phi) is 7.82. The Bertz CT molecular complexity index is 583. The lowest BCUT2D eigenvalue weighted by molar-refractivity contribution is -0.137. The highest BCUT2D eigenvalue weighted by atomic mass is 16.5. The van der Waals surface area contributed by atoms with Crippen molar-refractivity contribution in [1.82, 2.24) is 4.90 Å². The lowest BCUT2D eigenvalue weighted by atomic mass is 10.1. The van der Waals surface area contributed by atoms with Gasteiger partial charge in [-0.05, 0) is 24.1 Å². The Morgan fingerprint density at radius 2 is 2.04 bits per heavy atom. The summed E-state index contributed by atoms with van der Waals surface area (Å²) < 4.78 is 10.7. The highest BCUT2D eigenvalue weighted by molar-refractivity contribution is 5.95. The molecule has 0 aromatic heterocycles. The maximum absolute atomic E-state index is 12.7. The lowest BCUT2D eigenvalue weighted by Crippen LogP contribution is -2.36. The van der Waals surface area contributed by atoms with Crippen LogP contribution in [0.25, 0.3) is 0 Å². The average Bonchev–Trinajstić information content (AvgIpc) is 2.55.